The van der Waals surface area contributed by atoms with Crippen LogP contribution in [0.4, 0.5) is 10.1 Å². The summed E-state index contributed by atoms with van der Waals surface area (Å²) in [5.41, 5.74) is 3.39. The first-order valence-corrected chi connectivity index (χ1v) is 11.0. The number of allylic oxidation sites excluding steroid dienone is 1. The van der Waals surface area contributed by atoms with Gasteiger partial charge >= 0.3 is 0 Å². The molecule has 0 saturated carbocycles. The van der Waals surface area contributed by atoms with E-state index in [0.29, 0.717) is 28.0 Å². The number of carbonyl (C=O) groups is 1. The average molecular weight is 434 g/mol. The van der Waals surface area contributed by atoms with Crippen LogP contribution < -0.4 is 4.90 Å². The molecule has 0 N–H and O–H groups in total. The van der Waals surface area contributed by atoms with Crippen LogP contribution in [0.25, 0.3) is 11.1 Å². The largest absolute Gasteiger partial charge is 0.311 e. The molecule has 1 amide bonds. The Morgan fingerprint density at radius 1 is 0.968 bits per heavy atom. The van der Waals surface area contributed by atoms with Crippen LogP contribution in [-0.2, 0) is 14.8 Å². The fraction of sp³-hybridized carbons (Fsp3) is 0.0833. The minimum atomic E-state index is -3.99. The van der Waals surface area contributed by atoms with Crippen molar-refractivity contribution in [3.63, 3.8) is 0 Å². The second kappa shape index (κ2) is 7.92. The Hall–Kier alpha value is -3.58. The van der Waals surface area contributed by atoms with Gasteiger partial charge in [-0.3, -0.25) is 4.79 Å². The highest BCUT2D eigenvalue weighted by Crippen LogP contribution is 2.39. The van der Waals surface area contributed by atoms with Crippen molar-refractivity contribution in [1.82, 2.24) is 0 Å². The zero-order chi connectivity index (χ0) is 22.2. The van der Waals surface area contributed by atoms with Crippen molar-refractivity contribution < 1.29 is 17.6 Å². The molecule has 7 heteroatoms. The van der Waals surface area contributed by atoms with E-state index in [-0.39, 0.29) is 10.8 Å². The summed E-state index contributed by atoms with van der Waals surface area (Å²) in [6, 6.07) is 19.1. The molecule has 0 aliphatic carbocycles. The standard InChI is InChI=1S/C24H19FN2O3S/c1-16-7-13-19(14-8-16)31(29,30)26-15-21(17-9-11-18(25)12-10-17)23-20-5-3-4-6-22(20)27(2)24(23)28/h3-15H,1-2H3/b23-21+,26-15-. The number of benzene rings is 3. The number of anilines is 1. The van der Waals surface area contributed by atoms with E-state index in [0.717, 1.165) is 5.56 Å². The van der Waals surface area contributed by atoms with Crippen LogP contribution in [0, 0.1) is 12.7 Å². The maximum Gasteiger partial charge on any atom is 0.282 e. The molecule has 0 aromatic heterocycles. The van der Waals surface area contributed by atoms with Crippen molar-refractivity contribution in [2.75, 3.05) is 11.9 Å². The van der Waals surface area contributed by atoms with Crippen LogP contribution >= 0.6 is 0 Å². The van der Waals surface area contributed by atoms with Crippen molar-refractivity contribution in [3.05, 3.63) is 95.3 Å². The van der Waals surface area contributed by atoms with Gasteiger partial charge in [0.25, 0.3) is 15.9 Å². The lowest BCUT2D eigenvalue weighted by atomic mass is 9.96. The second-order valence-corrected chi connectivity index (χ2v) is 8.83. The molecule has 1 aliphatic rings. The third-order valence-corrected chi connectivity index (χ3v) is 6.37. The second-order valence-electron chi connectivity index (χ2n) is 7.20. The lowest BCUT2D eigenvalue weighted by Gasteiger charge is -2.09. The van der Waals surface area contributed by atoms with E-state index in [9.17, 15) is 17.6 Å². The summed E-state index contributed by atoms with van der Waals surface area (Å²) in [4.78, 5) is 14.6. The average Bonchev–Trinajstić information content (AvgIpc) is 3.01. The van der Waals surface area contributed by atoms with Gasteiger partial charge < -0.3 is 4.90 Å². The number of rotatable bonds is 4. The Kier molecular flexibility index (Phi) is 5.29. The Morgan fingerprint density at radius 3 is 2.29 bits per heavy atom. The molecule has 1 aliphatic heterocycles. The third-order valence-electron chi connectivity index (χ3n) is 5.12. The van der Waals surface area contributed by atoms with E-state index < -0.39 is 15.8 Å². The molecular weight excluding hydrogens is 415 g/mol. The van der Waals surface area contributed by atoms with Gasteiger partial charge in [0, 0.05) is 24.4 Å². The number of sulfonamides is 1. The Balaban J connectivity index is 1.90. The molecule has 0 saturated heterocycles. The molecule has 0 fully saturated rings. The van der Waals surface area contributed by atoms with Crippen molar-refractivity contribution in [2.45, 2.75) is 11.8 Å². The van der Waals surface area contributed by atoms with E-state index >= 15 is 0 Å². The summed E-state index contributed by atoms with van der Waals surface area (Å²) < 4.78 is 42.9. The number of hydrogen-bond acceptors (Lipinski definition) is 3. The zero-order valence-corrected chi connectivity index (χ0v) is 17.7. The van der Waals surface area contributed by atoms with Crippen molar-refractivity contribution in [1.29, 1.82) is 0 Å². The van der Waals surface area contributed by atoms with Crippen molar-refractivity contribution in [3.8, 4) is 0 Å². The van der Waals surface area contributed by atoms with Gasteiger partial charge in [0.1, 0.15) is 5.82 Å². The minimum Gasteiger partial charge on any atom is -0.311 e. The van der Waals surface area contributed by atoms with Gasteiger partial charge in [-0.25, -0.2) is 4.39 Å². The van der Waals surface area contributed by atoms with E-state index in [1.807, 2.05) is 19.1 Å². The number of carbonyl (C=O) groups excluding carboxylic acids is 1. The number of para-hydroxylation sites is 1. The topological polar surface area (TPSA) is 66.8 Å². The molecule has 31 heavy (non-hydrogen) atoms. The number of likely N-dealkylation sites (N-methyl/N-ethyl adjacent to an activating group) is 1. The maximum atomic E-state index is 13.5. The first-order chi connectivity index (χ1) is 14.8. The maximum absolute atomic E-state index is 13.5. The third kappa shape index (κ3) is 3.92. The monoisotopic (exact) mass is 434 g/mol. The first kappa shape index (κ1) is 20.7. The van der Waals surface area contributed by atoms with Crippen LogP contribution in [0.15, 0.2) is 82.1 Å². The highest BCUT2D eigenvalue weighted by Gasteiger charge is 2.32. The quantitative estimate of drug-likeness (QED) is 0.449. The van der Waals surface area contributed by atoms with Gasteiger partial charge in [0.2, 0.25) is 0 Å². The fourth-order valence-corrected chi connectivity index (χ4v) is 4.28. The Bertz CT molecular complexity index is 1330. The molecule has 0 radical (unpaired) electrons. The molecule has 0 atom stereocenters. The van der Waals surface area contributed by atoms with Crippen LogP contribution in [-0.4, -0.2) is 27.6 Å². The van der Waals surface area contributed by atoms with Crippen LogP contribution in [0.1, 0.15) is 16.7 Å². The van der Waals surface area contributed by atoms with E-state index in [1.165, 1.54) is 47.5 Å². The molecule has 3 aromatic rings. The highest BCUT2D eigenvalue weighted by atomic mass is 32.2. The summed E-state index contributed by atoms with van der Waals surface area (Å²) in [5.74, 6) is -0.729. The lowest BCUT2D eigenvalue weighted by molar-refractivity contribution is -0.112. The SMILES string of the molecule is Cc1ccc(S(=O)(=O)/N=C\C(=C2/C(=O)N(C)c3ccccc32)c2ccc(F)cc2)cc1. The normalized spacial score (nSPS) is 15.5. The molecular formula is C24H19FN2O3S. The molecule has 3 aromatic carbocycles. The van der Waals surface area contributed by atoms with Gasteiger partial charge in [0.05, 0.1) is 16.2 Å². The number of hydrogen-bond donors (Lipinski definition) is 0. The van der Waals surface area contributed by atoms with Crippen LogP contribution in [0.2, 0.25) is 0 Å². The molecule has 0 unspecified atom stereocenters. The van der Waals surface area contributed by atoms with Crippen LogP contribution in [0.3, 0.4) is 0 Å². The predicted octanol–water partition coefficient (Wildman–Crippen LogP) is 4.48. The molecule has 4 rings (SSSR count). The summed E-state index contributed by atoms with van der Waals surface area (Å²) in [6.45, 7) is 1.86. The van der Waals surface area contributed by atoms with Gasteiger partial charge in [-0.2, -0.15) is 12.8 Å². The molecule has 5 nitrogen and oxygen atoms in total. The number of aryl methyl sites for hydroxylation is 1. The minimum absolute atomic E-state index is 0.0491. The molecule has 0 bridgehead atoms. The Labute approximate surface area is 180 Å². The van der Waals surface area contributed by atoms with Crippen molar-refractivity contribution in [2.24, 2.45) is 4.40 Å². The molecule has 0 spiro atoms. The van der Waals surface area contributed by atoms with Crippen LogP contribution in [0.5, 0.6) is 0 Å². The summed E-state index contributed by atoms with van der Waals surface area (Å²) in [5, 5.41) is 0. The van der Waals surface area contributed by atoms with Gasteiger partial charge in [-0.1, -0.05) is 48.0 Å². The van der Waals surface area contributed by atoms with Crippen molar-refractivity contribution >= 4 is 39.0 Å². The highest BCUT2D eigenvalue weighted by molar-refractivity contribution is 7.90. The van der Waals surface area contributed by atoms with Gasteiger partial charge in [-0.15, -0.1) is 0 Å². The summed E-state index contributed by atoms with van der Waals surface area (Å²) in [6.07, 6.45) is 1.17. The Morgan fingerprint density at radius 2 is 1.61 bits per heavy atom. The van der Waals surface area contributed by atoms with E-state index in [1.54, 1.807) is 31.3 Å². The smallest absolute Gasteiger partial charge is 0.282 e. The summed E-state index contributed by atoms with van der Waals surface area (Å²) in [7, 11) is -2.34. The van der Waals surface area contributed by atoms with E-state index in [2.05, 4.69) is 4.40 Å². The lowest BCUT2D eigenvalue weighted by Crippen LogP contribution is -2.21. The number of halogens is 1. The number of nitrogens with zero attached hydrogens (tertiary/aromatic N) is 2. The molecule has 156 valence electrons. The zero-order valence-electron chi connectivity index (χ0n) is 16.9. The number of fused-ring (bicyclic) bond motifs is 1. The first-order valence-electron chi connectivity index (χ1n) is 9.52. The number of amides is 1. The summed E-state index contributed by atoms with van der Waals surface area (Å²) >= 11 is 0. The van der Waals surface area contributed by atoms with E-state index in [4.69, 9.17) is 0 Å². The van der Waals surface area contributed by atoms with Gasteiger partial charge in [0.15, 0.2) is 0 Å². The predicted molar refractivity (Wildman–Crippen MR) is 120 cm³/mol. The van der Waals surface area contributed by atoms with Gasteiger partial charge in [-0.05, 0) is 42.8 Å². The molecule has 1 heterocycles. The fourth-order valence-electron chi connectivity index (χ4n) is 3.44.